The second-order valence-electron chi connectivity index (χ2n) is 6.89. The summed E-state index contributed by atoms with van der Waals surface area (Å²) in [5, 5.41) is 15.3. The Hall–Kier alpha value is -3.81. The number of fused-ring (bicyclic) bond motifs is 1. The van der Waals surface area contributed by atoms with E-state index < -0.39 is 30.1 Å². The molecule has 0 aliphatic carbocycles. The summed E-state index contributed by atoms with van der Waals surface area (Å²) < 4.78 is 5.08. The van der Waals surface area contributed by atoms with Gasteiger partial charge in [0.25, 0.3) is 0 Å². The molecule has 3 rings (SSSR count). The van der Waals surface area contributed by atoms with Gasteiger partial charge in [0.05, 0.1) is 0 Å². The van der Waals surface area contributed by atoms with Crippen LogP contribution in [0.5, 0.6) is 0 Å². The van der Waals surface area contributed by atoms with Gasteiger partial charge in [-0.05, 0) is 24.1 Å². The third kappa shape index (κ3) is 5.38. The molecule has 2 amide bonds. The number of amides is 2. The molecule has 1 unspecified atom stereocenters. The fourth-order valence-corrected chi connectivity index (χ4v) is 3.02. The number of carboxylic acids is 1. The number of ether oxygens (including phenoxy) is 1. The fourth-order valence-electron chi connectivity index (χ4n) is 3.02. The van der Waals surface area contributed by atoms with Gasteiger partial charge in [0.2, 0.25) is 5.91 Å². The molecule has 4 N–H and O–H groups in total. The van der Waals surface area contributed by atoms with Gasteiger partial charge in [-0.15, -0.1) is 0 Å². The highest BCUT2D eigenvalue weighted by molar-refractivity contribution is 5.90. The van der Waals surface area contributed by atoms with Crippen molar-refractivity contribution in [1.29, 1.82) is 0 Å². The van der Waals surface area contributed by atoms with E-state index in [1.165, 1.54) is 6.92 Å². The summed E-state index contributed by atoms with van der Waals surface area (Å²) >= 11 is 0. The number of aromatic amines is 1. The monoisotopic (exact) mass is 409 g/mol. The van der Waals surface area contributed by atoms with Crippen molar-refractivity contribution < 1.29 is 24.2 Å². The first-order chi connectivity index (χ1) is 14.4. The Morgan fingerprint density at radius 2 is 1.73 bits per heavy atom. The van der Waals surface area contributed by atoms with Gasteiger partial charge in [-0.3, -0.25) is 4.79 Å². The maximum absolute atomic E-state index is 12.4. The maximum Gasteiger partial charge on any atom is 0.408 e. The van der Waals surface area contributed by atoms with Crippen molar-refractivity contribution in [3.05, 3.63) is 71.9 Å². The van der Waals surface area contributed by atoms with Crippen molar-refractivity contribution in [1.82, 2.24) is 15.6 Å². The second-order valence-corrected chi connectivity index (χ2v) is 6.89. The molecule has 2 atom stereocenters. The van der Waals surface area contributed by atoms with Crippen LogP contribution in [0.2, 0.25) is 0 Å². The van der Waals surface area contributed by atoms with Gasteiger partial charge in [0, 0.05) is 23.5 Å². The first-order valence-corrected chi connectivity index (χ1v) is 9.49. The van der Waals surface area contributed by atoms with E-state index in [9.17, 15) is 19.5 Å². The molecule has 0 aliphatic heterocycles. The molecule has 0 saturated carbocycles. The van der Waals surface area contributed by atoms with Crippen LogP contribution in [-0.4, -0.2) is 40.1 Å². The quantitative estimate of drug-likeness (QED) is 0.456. The number of carbonyl (C=O) groups is 3. The van der Waals surface area contributed by atoms with E-state index in [0.29, 0.717) is 0 Å². The predicted molar refractivity (Wildman–Crippen MR) is 111 cm³/mol. The molecule has 0 spiro atoms. The van der Waals surface area contributed by atoms with Crippen LogP contribution in [0.3, 0.4) is 0 Å². The average Bonchev–Trinajstić information content (AvgIpc) is 3.15. The molecule has 1 aromatic heterocycles. The molecule has 156 valence electrons. The molecular weight excluding hydrogens is 386 g/mol. The van der Waals surface area contributed by atoms with Crippen molar-refractivity contribution in [3.8, 4) is 0 Å². The average molecular weight is 409 g/mol. The number of alkyl carbamates (subject to hydrolysis) is 1. The number of H-pyrrole nitrogens is 1. The molecule has 8 heteroatoms. The molecule has 30 heavy (non-hydrogen) atoms. The van der Waals surface area contributed by atoms with Crippen molar-refractivity contribution >= 4 is 28.9 Å². The van der Waals surface area contributed by atoms with E-state index in [0.717, 1.165) is 22.0 Å². The third-order valence-electron chi connectivity index (χ3n) is 4.65. The summed E-state index contributed by atoms with van der Waals surface area (Å²) in [6, 6.07) is 14.5. The summed E-state index contributed by atoms with van der Waals surface area (Å²) in [6.07, 6.45) is 1.08. The minimum Gasteiger partial charge on any atom is -0.480 e. The van der Waals surface area contributed by atoms with Crippen LogP contribution in [0.4, 0.5) is 4.79 Å². The Labute approximate surface area is 173 Å². The standard InChI is InChI=1S/C22H23N3O5/c1-14(24-22(29)30-13-15-7-3-2-4-8-15)20(26)25-19(21(27)28)11-16-12-23-18-10-6-5-9-17(16)18/h2-10,12,14,19,23H,11,13H2,1H3,(H,24,29)(H,25,26)(H,27,28)/t14-,19?/m1/s1. The zero-order valence-electron chi connectivity index (χ0n) is 16.4. The number of hydrogen-bond donors (Lipinski definition) is 4. The van der Waals surface area contributed by atoms with E-state index in [1.54, 1.807) is 6.20 Å². The largest absolute Gasteiger partial charge is 0.480 e. The second kappa shape index (κ2) is 9.60. The number of para-hydroxylation sites is 1. The van der Waals surface area contributed by atoms with Crippen LogP contribution in [0.25, 0.3) is 10.9 Å². The van der Waals surface area contributed by atoms with E-state index >= 15 is 0 Å². The number of rotatable bonds is 8. The highest BCUT2D eigenvalue weighted by Gasteiger charge is 2.25. The lowest BCUT2D eigenvalue weighted by Crippen LogP contribution is -2.51. The van der Waals surface area contributed by atoms with Gasteiger partial charge in [-0.25, -0.2) is 9.59 Å². The lowest BCUT2D eigenvalue weighted by molar-refractivity contribution is -0.142. The minimum atomic E-state index is -1.16. The zero-order valence-corrected chi connectivity index (χ0v) is 16.4. The smallest absolute Gasteiger partial charge is 0.408 e. The van der Waals surface area contributed by atoms with Crippen molar-refractivity contribution in [2.75, 3.05) is 0 Å². The number of hydrogen-bond acceptors (Lipinski definition) is 4. The molecule has 0 bridgehead atoms. The number of benzene rings is 2. The fraction of sp³-hybridized carbons (Fsp3) is 0.227. The number of carbonyl (C=O) groups excluding carboxylic acids is 2. The zero-order chi connectivity index (χ0) is 21.5. The Balaban J connectivity index is 1.55. The molecule has 8 nitrogen and oxygen atoms in total. The normalized spacial score (nSPS) is 12.7. The maximum atomic E-state index is 12.4. The number of aromatic nitrogens is 1. The summed E-state index contributed by atoms with van der Waals surface area (Å²) in [5.74, 6) is -1.77. The van der Waals surface area contributed by atoms with E-state index in [4.69, 9.17) is 4.74 Å². The lowest BCUT2D eigenvalue weighted by atomic mass is 10.0. The Bertz CT molecular complexity index is 1030. The van der Waals surface area contributed by atoms with Gasteiger partial charge in [0.15, 0.2) is 0 Å². The lowest BCUT2D eigenvalue weighted by Gasteiger charge is -2.18. The van der Waals surface area contributed by atoms with Crippen LogP contribution in [0, 0.1) is 0 Å². The van der Waals surface area contributed by atoms with Gasteiger partial charge < -0.3 is 25.5 Å². The Morgan fingerprint density at radius 1 is 1.03 bits per heavy atom. The van der Waals surface area contributed by atoms with Crippen molar-refractivity contribution in [2.45, 2.75) is 32.0 Å². The summed E-state index contributed by atoms with van der Waals surface area (Å²) in [7, 11) is 0. The van der Waals surface area contributed by atoms with Crippen LogP contribution in [0.15, 0.2) is 60.8 Å². The molecule has 0 aliphatic rings. The van der Waals surface area contributed by atoms with Gasteiger partial charge in [-0.1, -0.05) is 48.5 Å². The van der Waals surface area contributed by atoms with E-state index in [1.807, 2.05) is 54.6 Å². The highest BCUT2D eigenvalue weighted by atomic mass is 16.5. The predicted octanol–water partition coefficient (Wildman–Crippen LogP) is 2.59. The molecular formula is C22H23N3O5. The Morgan fingerprint density at radius 3 is 2.47 bits per heavy atom. The summed E-state index contributed by atoms with van der Waals surface area (Å²) in [5.41, 5.74) is 2.48. The molecule has 3 aromatic rings. The third-order valence-corrected chi connectivity index (χ3v) is 4.65. The molecule has 0 saturated heterocycles. The topological polar surface area (TPSA) is 121 Å². The molecule has 0 radical (unpaired) electrons. The van der Waals surface area contributed by atoms with Crippen molar-refractivity contribution in [2.24, 2.45) is 0 Å². The van der Waals surface area contributed by atoms with Crippen molar-refractivity contribution in [3.63, 3.8) is 0 Å². The number of nitrogens with one attached hydrogen (secondary N) is 3. The van der Waals surface area contributed by atoms with Crippen LogP contribution in [0.1, 0.15) is 18.1 Å². The summed E-state index contributed by atoms with van der Waals surface area (Å²) in [4.78, 5) is 39.1. The molecule has 1 heterocycles. The van der Waals surface area contributed by atoms with Crippen LogP contribution < -0.4 is 10.6 Å². The molecule has 0 fully saturated rings. The summed E-state index contributed by atoms with van der Waals surface area (Å²) in [6.45, 7) is 1.53. The van der Waals surface area contributed by atoms with Gasteiger partial charge >= 0.3 is 12.1 Å². The molecule has 2 aromatic carbocycles. The van der Waals surface area contributed by atoms with E-state index in [2.05, 4.69) is 15.6 Å². The first kappa shape index (κ1) is 20.9. The first-order valence-electron chi connectivity index (χ1n) is 9.49. The Kier molecular flexibility index (Phi) is 6.69. The van der Waals surface area contributed by atoms with E-state index in [-0.39, 0.29) is 13.0 Å². The SMILES string of the molecule is C[C@@H](NC(=O)OCc1ccccc1)C(=O)NC(Cc1c[nH]c2ccccc12)C(=O)O. The number of carboxylic acid groups (broad SMARTS) is 1. The van der Waals surface area contributed by atoms with Crippen LogP contribution in [-0.2, 0) is 27.4 Å². The highest BCUT2D eigenvalue weighted by Crippen LogP contribution is 2.19. The number of aliphatic carboxylic acids is 1. The van der Waals surface area contributed by atoms with Gasteiger partial charge in [0.1, 0.15) is 18.7 Å². The minimum absolute atomic E-state index is 0.0688. The van der Waals surface area contributed by atoms with Gasteiger partial charge in [-0.2, -0.15) is 0 Å². The van der Waals surface area contributed by atoms with Crippen LogP contribution >= 0.6 is 0 Å².